The van der Waals surface area contributed by atoms with E-state index in [0.717, 1.165) is 12.8 Å². The quantitative estimate of drug-likeness (QED) is 0.835. The van der Waals surface area contributed by atoms with Crippen molar-refractivity contribution < 1.29 is 14.0 Å². The average Bonchev–Trinajstić information content (AvgIpc) is 2.41. The van der Waals surface area contributed by atoms with Gasteiger partial charge in [-0.25, -0.2) is 4.39 Å². The molecule has 5 heteroatoms. The van der Waals surface area contributed by atoms with Crippen LogP contribution in [-0.4, -0.2) is 29.8 Å². The van der Waals surface area contributed by atoms with Gasteiger partial charge in [-0.3, -0.25) is 9.59 Å². The fourth-order valence-corrected chi connectivity index (χ4v) is 1.79. The Bertz CT molecular complexity index is 463. The summed E-state index contributed by atoms with van der Waals surface area (Å²) in [4.78, 5) is 24.8. The normalized spacial score (nSPS) is 10.2. The monoisotopic (exact) mass is 280 g/mol. The summed E-state index contributed by atoms with van der Waals surface area (Å²) in [5.41, 5.74) is 0.167. The molecule has 0 saturated carbocycles. The lowest BCUT2D eigenvalue weighted by Crippen LogP contribution is -2.32. The smallest absolute Gasteiger partial charge is 0.226 e. The van der Waals surface area contributed by atoms with E-state index in [1.165, 1.54) is 19.1 Å². The zero-order valence-corrected chi connectivity index (χ0v) is 12.0. The van der Waals surface area contributed by atoms with Crippen molar-refractivity contribution in [2.24, 2.45) is 0 Å². The number of carbonyl (C=O) groups excluding carboxylic acids is 2. The molecule has 0 heterocycles. The van der Waals surface area contributed by atoms with Gasteiger partial charge < -0.3 is 10.2 Å². The second kappa shape index (κ2) is 8.30. The van der Waals surface area contributed by atoms with Gasteiger partial charge in [0, 0.05) is 26.4 Å². The summed E-state index contributed by atoms with van der Waals surface area (Å²) < 4.78 is 13.4. The van der Waals surface area contributed by atoms with Gasteiger partial charge in [0.15, 0.2) is 0 Å². The van der Waals surface area contributed by atoms with Crippen LogP contribution in [0, 0.1) is 5.82 Å². The van der Waals surface area contributed by atoms with Crippen molar-refractivity contribution in [2.45, 2.75) is 33.1 Å². The predicted molar refractivity (Wildman–Crippen MR) is 76.8 cm³/mol. The fourth-order valence-electron chi connectivity index (χ4n) is 1.79. The summed E-state index contributed by atoms with van der Waals surface area (Å²) in [7, 11) is 0. The maximum Gasteiger partial charge on any atom is 0.226 e. The van der Waals surface area contributed by atoms with Crippen LogP contribution in [0.5, 0.6) is 0 Å². The Hall–Kier alpha value is -1.91. The maximum absolute atomic E-state index is 13.4. The second-order valence-corrected chi connectivity index (χ2v) is 4.64. The molecule has 1 N–H and O–H groups in total. The Kier molecular flexibility index (Phi) is 6.70. The summed E-state index contributed by atoms with van der Waals surface area (Å²) in [5, 5.41) is 2.51. The third-order valence-electron chi connectivity index (χ3n) is 2.98. The highest BCUT2D eigenvalue weighted by Gasteiger charge is 2.11. The Morgan fingerprint density at radius 1 is 1.25 bits per heavy atom. The van der Waals surface area contributed by atoms with Crippen LogP contribution in [0.25, 0.3) is 0 Å². The number of unbranched alkanes of at least 4 members (excludes halogenated alkanes) is 1. The molecule has 0 saturated heterocycles. The minimum Gasteiger partial charge on any atom is -0.342 e. The van der Waals surface area contributed by atoms with E-state index in [1.54, 1.807) is 17.0 Å². The van der Waals surface area contributed by atoms with Crippen LogP contribution >= 0.6 is 0 Å². The van der Waals surface area contributed by atoms with E-state index in [2.05, 4.69) is 5.32 Å². The Balaban J connectivity index is 2.45. The molecule has 110 valence electrons. The molecule has 0 atom stereocenters. The van der Waals surface area contributed by atoms with Gasteiger partial charge in [-0.1, -0.05) is 25.5 Å². The topological polar surface area (TPSA) is 49.4 Å². The third kappa shape index (κ3) is 5.38. The first-order valence-corrected chi connectivity index (χ1v) is 6.84. The van der Waals surface area contributed by atoms with Crippen LogP contribution in [-0.2, 0) is 9.59 Å². The minimum atomic E-state index is -0.463. The van der Waals surface area contributed by atoms with E-state index < -0.39 is 5.82 Å². The number of nitrogens with zero attached hydrogens (tertiary/aromatic N) is 1. The number of hydrogen-bond donors (Lipinski definition) is 1. The van der Waals surface area contributed by atoms with E-state index in [-0.39, 0.29) is 23.9 Å². The molecule has 1 aromatic carbocycles. The molecule has 0 radical (unpaired) electrons. The Labute approximate surface area is 119 Å². The molecule has 1 rings (SSSR count). The van der Waals surface area contributed by atoms with Gasteiger partial charge in [0.2, 0.25) is 11.8 Å². The zero-order valence-electron chi connectivity index (χ0n) is 12.0. The van der Waals surface area contributed by atoms with Crippen molar-refractivity contribution in [3.05, 3.63) is 30.1 Å². The first-order valence-electron chi connectivity index (χ1n) is 6.84. The molecule has 20 heavy (non-hydrogen) atoms. The summed E-state index contributed by atoms with van der Waals surface area (Å²) in [6.45, 7) is 4.54. The maximum atomic E-state index is 13.4. The SMILES string of the molecule is CCCCN(CCC(=O)Nc1ccccc1F)C(C)=O. The highest BCUT2D eigenvalue weighted by Crippen LogP contribution is 2.12. The van der Waals surface area contributed by atoms with Crippen molar-refractivity contribution in [1.82, 2.24) is 4.90 Å². The molecular weight excluding hydrogens is 259 g/mol. The fraction of sp³-hybridized carbons (Fsp3) is 0.467. The summed E-state index contributed by atoms with van der Waals surface area (Å²) in [5.74, 6) is -0.801. The lowest BCUT2D eigenvalue weighted by Gasteiger charge is -2.20. The number of rotatable bonds is 7. The van der Waals surface area contributed by atoms with Gasteiger partial charge in [-0.15, -0.1) is 0 Å². The number of anilines is 1. The average molecular weight is 280 g/mol. The summed E-state index contributed by atoms with van der Waals surface area (Å²) in [6.07, 6.45) is 2.07. The van der Waals surface area contributed by atoms with E-state index >= 15 is 0 Å². The lowest BCUT2D eigenvalue weighted by molar-refractivity contribution is -0.129. The highest BCUT2D eigenvalue weighted by molar-refractivity contribution is 5.91. The molecule has 0 aliphatic rings. The molecule has 4 nitrogen and oxygen atoms in total. The molecule has 0 spiro atoms. The van der Waals surface area contributed by atoms with Crippen LogP contribution < -0.4 is 5.32 Å². The number of amides is 2. The number of nitrogens with one attached hydrogen (secondary N) is 1. The number of halogens is 1. The molecular formula is C15H21FN2O2. The molecule has 0 aromatic heterocycles. The number of benzene rings is 1. The number of carbonyl (C=O) groups is 2. The summed E-state index contributed by atoms with van der Waals surface area (Å²) >= 11 is 0. The van der Waals surface area contributed by atoms with Crippen molar-refractivity contribution in [2.75, 3.05) is 18.4 Å². The molecule has 2 amide bonds. The largest absolute Gasteiger partial charge is 0.342 e. The van der Waals surface area contributed by atoms with E-state index in [1.807, 2.05) is 6.92 Å². The molecule has 1 aromatic rings. The van der Waals surface area contributed by atoms with Gasteiger partial charge in [-0.05, 0) is 18.6 Å². The van der Waals surface area contributed by atoms with Crippen molar-refractivity contribution in [3.63, 3.8) is 0 Å². The molecule has 0 fully saturated rings. The molecule has 0 aliphatic heterocycles. The van der Waals surface area contributed by atoms with Gasteiger partial charge in [0.1, 0.15) is 5.82 Å². The van der Waals surface area contributed by atoms with E-state index in [9.17, 15) is 14.0 Å². The summed E-state index contributed by atoms with van der Waals surface area (Å²) in [6, 6.07) is 6.01. The van der Waals surface area contributed by atoms with Crippen molar-refractivity contribution in [3.8, 4) is 0 Å². The Morgan fingerprint density at radius 3 is 2.55 bits per heavy atom. The highest BCUT2D eigenvalue weighted by atomic mass is 19.1. The molecule has 0 bridgehead atoms. The first-order chi connectivity index (χ1) is 9.54. The van der Waals surface area contributed by atoms with Crippen molar-refractivity contribution in [1.29, 1.82) is 0 Å². The van der Waals surface area contributed by atoms with E-state index in [4.69, 9.17) is 0 Å². The number of para-hydroxylation sites is 1. The molecule has 0 aliphatic carbocycles. The van der Waals surface area contributed by atoms with Gasteiger partial charge in [0.25, 0.3) is 0 Å². The molecule has 0 unspecified atom stereocenters. The minimum absolute atomic E-state index is 0.0443. The van der Waals surface area contributed by atoms with Crippen LogP contribution in [0.1, 0.15) is 33.1 Å². The lowest BCUT2D eigenvalue weighted by atomic mass is 10.2. The van der Waals surface area contributed by atoms with Gasteiger partial charge >= 0.3 is 0 Å². The Morgan fingerprint density at radius 2 is 1.95 bits per heavy atom. The van der Waals surface area contributed by atoms with Crippen LogP contribution in [0.3, 0.4) is 0 Å². The predicted octanol–water partition coefficient (Wildman–Crippen LogP) is 2.80. The third-order valence-corrected chi connectivity index (χ3v) is 2.98. The van der Waals surface area contributed by atoms with Gasteiger partial charge in [-0.2, -0.15) is 0 Å². The van der Waals surface area contributed by atoms with Crippen LogP contribution in [0.4, 0.5) is 10.1 Å². The van der Waals surface area contributed by atoms with Crippen LogP contribution in [0.2, 0.25) is 0 Å². The van der Waals surface area contributed by atoms with Crippen molar-refractivity contribution >= 4 is 17.5 Å². The first kappa shape index (κ1) is 16.1. The standard InChI is InChI=1S/C15H21FN2O2/c1-3-4-10-18(12(2)19)11-9-15(20)17-14-8-6-5-7-13(14)16/h5-8H,3-4,9-11H2,1-2H3,(H,17,20). The second-order valence-electron chi connectivity index (χ2n) is 4.64. The van der Waals surface area contributed by atoms with Gasteiger partial charge in [0.05, 0.1) is 5.69 Å². The number of hydrogen-bond acceptors (Lipinski definition) is 2. The zero-order chi connectivity index (χ0) is 15.0. The van der Waals surface area contributed by atoms with Crippen LogP contribution in [0.15, 0.2) is 24.3 Å². The van der Waals surface area contributed by atoms with E-state index in [0.29, 0.717) is 13.1 Å².